The van der Waals surface area contributed by atoms with E-state index in [1.807, 2.05) is 42.9 Å². The van der Waals surface area contributed by atoms with Crippen LogP contribution in [0.25, 0.3) is 10.9 Å². The summed E-state index contributed by atoms with van der Waals surface area (Å²) in [5.41, 5.74) is 4.07. The maximum Gasteiger partial charge on any atom is 0.408 e. The van der Waals surface area contributed by atoms with Gasteiger partial charge >= 0.3 is 6.09 Å². The molecule has 1 unspecified atom stereocenters. The molecule has 54 heavy (non-hydrogen) atoms. The number of anilines is 2. The molecule has 1 N–H and O–H groups in total. The van der Waals surface area contributed by atoms with Gasteiger partial charge in [-0.1, -0.05) is 0 Å². The average Bonchev–Trinajstić information content (AvgIpc) is 3.95. The van der Waals surface area contributed by atoms with Gasteiger partial charge < -0.3 is 24.4 Å². The molecule has 10 nitrogen and oxygen atoms in total. The highest BCUT2D eigenvalue weighted by Gasteiger charge is 2.46. The molecule has 7 rings (SSSR count). The number of halogens is 3. The first-order valence-electron chi connectivity index (χ1n) is 19.0. The Bertz CT molecular complexity index is 2060. The van der Waals surface area contributed by atoms with Crippen molar-refractivity contribution in [2.24, 2.45) is 0 Å². The average molecular weight is 746 g/mol. The number of benzene rings is 1. The van der Waals surface area contributed by atoms with Crippen LogP contribution in [-0.2, 0) is 17.8 Å². The Morgan fingerprint density at radius 1 is 1.00 bits per heavy atom. The highest BCUT2D eigenvalue weighted by Crippen LogP contribution is 2.39. The molecule has 2 aliphatic heterocycles. The van der Waals surface area contributed by atoms with Gasteiger partial charge in [0.1, 0.15) is 11.4 Å². The molecule has 2 saturated heterocycles. The van der Waals surface area contributed by atoms with E-state index in [-0.39, 0.29) is 41.6 Å². The first-order valence-corrected chi connectivity index (χ1v) is 19.0. The number of piperidine rings is 2. The Morgan fingerprint density at radius 2 is 1.80 bits per heavy atom. The third-order valence-electron chi connectivity index (χ3n) is 10.6. The van der Waals surface area contributed by atoms with Crippen LogP contribution in [-0.4, -0.2) is 75.3 Å². The second kappa shape index (κ2) is 14.9. The van der Waals surface area contributed by atoms with Gasteiger partial charge in [0.25, 0.3) is 5.92 Å². The minimum absolute atomic E-state index is 0.0158. The smallest absolute Gasteiger partial charge is 0.408 e. The van der Waals surface area contributed by atoms with Crippen LogP contribution >= 0.6 is 0 Å². The number of carbonyl (C=O) groups is 1. The van der Waals surface area contributed by atoms with Crippen LogP contribution in [0.15, 0.2) is 59.8 Å². The zero-order chi connectivity index (χ0) is 38.4. The van der Waals surface area contributed by atoms with Crippen molar-refractivity contribution in [1.82, 2.24) is 24.8 Å². The quantitative estimate of drug-likeness (QED) is 0.191. The highest BCUT2D eigenvalue weighted by molar-refractivity contribution is 5.84. The fourth-order valence-corrected chi connectivity index (χ4v) is 7.80. The largest absolute Gasteiger partial charge is 0.444 e. The summed E-state index contributed by atoms with van der Waals surface area (Å²) in [6, 6.07) is 9.78. The SMILES string of the molecule is Cc1ccc(N2CCC[C@H](N(Cc3ccnc(C)c3)Cc3cn(C4CC4)c4cc(N5CCC(NC(=O)OC(C)(C)C)C(F)(F)C5)c(F)cc4c3=O)C2)cn1. The van der Waals surface area contributed by atoms with Gasteiger partial charge in [0.15, 0.2) is 5.43 Å². The maximum atomic E-state index is 16.1. The third-order valence-corrected chi connectivity index (χ3v) is 10.6. The van der Waals surface area contributed by atoms with Gasteiger partial charge in [-0.3, -0.25) is 19.7 Å². The summed E-state index contributed by atoms with van der Waals surface area (Å²) in [7, 11) is 0. The molecule has 0 spiro atoms. The van der Waals surface area contributed by atoms with Gasteiger partial charge in [-0.05, 0) is 109 Å². The maximum absolute atomic E-state index is 16.1. The van der Waals surface area contributed by atoms with Crippen molar-refractivity contribution >= 4 is 28.4 Å². The Labute approximate surface area is 314 Å². The summed E-state index contributed by atoms with van der Waals surface area (Å²) in [6.07, 6.45) is 8.36. The Hall–Kier alpha value is -4.65. The summed E-state index contributed by atoms with van der Waals surface area (Å²) in [4.78, 5) is 41.5. The molecule has 1 saturated carbocycles. The lowest BCUT2D eigenvalue weighted by molar-refractivity contribution is -0.0459. The van der Waals surface area contributed by atoms with Crippen LogP contribution in [0.5, 0.6) is 0 Å². The van der Waals surface area contributed by atoms with E-state index in [4.69, 9.17) is 4.74 Å². The van der Waals surface area contributed by atoms with Gasteiger partial charge in [0, 0.05) is 79.5 Å². The Balaban J connectivity index is 1.18. The fourth-order valence-electron chi connectivity index (χ4n) is 7.80. The van der Waals surface area contributed by atoms with Crippen LogP contribution in [0, 0.1) is 19.7 Å². The number of carbonyl (C=O) groups excluding carboxylic acids is 1. The molecule has 13 heteroatoms. The first-order chi connectivity index (χ1) is 25.6. The van der Waals surface area contributed by atoms with Gasteiger partial charge in [-0.15, -0.1) is 0 Å². The summed E-state index contributed by atoms with van der Waals surface area (Å²) in [5, 5.41) is 2.55. The molecule has 1 aliphatic carbocycles. The monoisotopic (exact) mass is 745 g/mol. The van der Waals surface area contributed by atoms with Gasteiger partial charge in [-0.2, -0.15) is 0 Å². The van der Waals surface area contributed by atoms with Crippen LogP contribution in [0.1, 0.15) is 81.4 Å². The number of hydrogen-bond acceptors (Lipinski definition) is 8. The summed E-state index contributed by atoms with van der Waals surface area (Å²) in [6.45, 7) is 10.9. The lowest BCUT2D eigenvalue weighted by Crippen LogP contribution is -2.59. The van der Waals surface area contributed by atoms with Crippen LogP contribution < -0.4 is 20.5 Å². The van der Waals surface area contributed by atoms with Crippen molar-refractivity contribution in [3.8, 4) is 0 Å². The first kappa shape index (κ1) is 37.7. The molecule has 1 aromatic carbocycles. The molecule has 3 aromatic heterocycles. The fraction of sp³-hybridized carbons (Fsp3) is 0.512. The van der Waals surface area contributed by atoms with Crippen molar-refractivity contribution in [2.75, 3.05) is 36.0 Å². The zero-order valence-corrected chi connectivity index (χ0v) is 31.7. The second-order valence-electron chi connectivity index (χ2n) is 16.2. The lowest BCUT2D eigenvalue weighted by atomic mass is 9.99. The van der Waals surface area contributed by atoms with Gasteiger partial charge in [0.2, 0.25) is 0 Å². The predicted octanol–water partition coefficient (Wildman–Crippen LogP) is 7.29. The zero-order valence-electron chi connectivity index (χ0n) is 31.7. The number of alkyl carbamates (subject to hydrolysis) is 1. The van der Waals surface area contributed by atoms with E-state index in [0.29, 0.717) is 24.2 Å². The number of alkyl halides is 2. The number of nitrogens with one attached hydrogen (secondary N) is 1. The normalized spacial score (nSPS) is 20.4. The molecule has 4 aromatic rings. The van der Waals surface area contributed by atoms with Crippen LogP contribution in [0.2, 0.25) is 0 Å². The molecule has 3 aliphatic rings. The van der Waals surface area contributed by atoms with Crippen molar-refractivity contribution in [2.45, 2.75) is 109 Å². The molecule has 5 heterocycles. The number of aromatic nitrogens is 3. The molecular weight excluding hydrogens is 695 g/mol. The van der Waals surface area contributed by atoms with E-state index in [9.17, 15) is 9.59 Å². The third kappa shape index (κ3) is 8.51. The van der Waals surface area contributed by atoms with Crippen molar-refractivity contribution in [1.29, 1.82) is 0 Å². The minimum atomic E-state index is -3.35. The van der Waals surface area contributed by atoms with Crippen molar-refractivity contribution < 1.29 is 22.7 Å². The Kier molecular flexibility index (Phi) is 10.4. The highest BCUT2D eigenvalue weighted by atomic mass is 19.3. The predicted molar refractivity (Wildman–Crippen MR) is 204 cm³/mol. The van der Waals surface area contributed by atoms with E-state index in [0.717, 1.165) is 61.4 Å². The van der Waals surface area contributed by atoms with E-state index >= 15 is 13.2 Å². The number of aryl methyl sites for hydroxylation is 2. The van der Waals surface area contributed by atoms with E-state index in [1.165, 1.54) is 11.0 Å². The number of nitrogens with zero attached hydrogens (tertiary/aromatic N) is 6. The van der Waals surface area contributed by atoms with Crippen LogP contribution in [0.3, 0.4) is 0 Å². The standard InChI is InChI=1S/C41H50F3N7O3/c1-26-8-9-31(20-46-26)48-15-6-7-32(24-48)50(21-28-12-14-45-27(2)17-28)22-29-23-51(30-10-11-30)35-19-36(34(42)18-33(35)38(29)52)49-16-13-37(41(43,44)25-49)47-39(53)54-40(3,4)5/h8-9,12,14,17-20,23,30,32,37H,6-7,10-11,13,15-16,21-22,24-25H2,1-5H3,(H,47,53)/t32-,37?/m0/s1. The van der Waals surface area contributed by atoms with Gasteiger partial charge in [0.05, 0.1) is 35.7 Å². The van der Waals surface area contributed by atoms with Crippen LogP contribution in [0.4, 0.5) is 29.3 Å². The summed E-state index contributed by atoms with van der Waals surface area (Å²) in [5.74, 6) is -4.08. The van der Waals surface area contributed by atoms with E-state index in [2.05, 4.69) is 37.2 Å². The Morgan fingerprint density at radius 3 is 2.48 bits per heavy atom. The summed E-state index contributed by atoms with van der Waals surface area (Å²) >= 11 is 0. The van der Waals surface area contributed by atoms with Crippen molar-refractivity contribution in [3.63, 3.8) is 0 Å². The van der Waals surface area contributed by atoms with Crippen molar-refractivity contribution in [3.05, 3.63) is 93.5 Å². The lowest BCUT2D eigenvalue weighted by Gasteiger charge is -2.40. The molecular formula is C41H50F3N7O3. The van der Waals surface area contributed by atoms with E-state index in [1.54, 1.807) is 33.0 Å². The number of amides is 1. The summed E-state index contributed by atoms with van der Waals surface area (Å²) < 4.78 is 54.2. The number of fused-ring (bicyclic) bond motifs is 1. The van der Waals surface area contributed by atoms with E-state index < -0.39 is 36.0 Å². The molecule has 288 valence electrons. The van der Waals surface area contributed by atoms with Gasteiger partial charge in [-0.25, -0.2) is 18.0 Å². The molecule has 0 radical (unpaired) electrons. The number of rotatable bonds is 9. The number of hydrogen-bond donors (Lipinski definition) is 1. The number of ether oxygens (including phenoxy) is 1. The number of pyridine rings is 3. The second-order valence-corrected chi connectivity index (χ2v) is 16.2. The molecule has 0 bridgehead atoms. The molecule has 1 amide bonds. The molecule has 3 fully saturated rings. The molecule has 2 atom stereocenters. The minimum Gasteiger partial charge on any atom is -0.444 e. The topological polar surface area (TPSA) is 95.8 Å².